The van der Waals surface area contributed by atoms with E-state index in [9.17, 15) is 0 Å². The normalized spacial score (nSPS) is 10.2. The molecular weight excluding hydrogens is 188 g/mol. The smallest absolute Gasteiger partial charge is 0.128 e. The second kappa shape index (κ2) is 3.99. The predicted octanol–water partition coefficient (Wildman–Crippen LogP) is 2.46. The summed E-state index contributed by atoms with van der Waals surface area (Å²) < 4.78 is 5.16. The van der Waals surface area contributed by atoms with Gasteiger partial charge in [0.2, 0.25) is 0 Å². The van der Waals surface area contributed by atoms with Crippen LogP contribution in [-0.4, -0.2) is 12.2 Å². The van der Waals surface area contributed by atoms with Crippen molar-refractivity contribution in [2.75, 3.05) is 7.11 Å². The van der Waals surface area contributed by atoms with Gasteiger partial charge in [0, 0.05) is 11.1 Å². The van der Waals surface area contributed by atoms with Crippen LogP contribution in [0.4, 0.5) is 0 Å². The minimum atomic E-state index is -0.0258. The van der Waals surface area contributed by atoms with Gasteiger partial charge in [0.15, 0.2) is 0 Å². The summed E-state index contributed by atoms with van der Waals surface area (Å²) in [5, 5.41) is 9.77. The van der Waals surface area contributed by atoms with Gasteiger partial charge in [-0.1, -0.05) is 11.6 Å². The Morgan fingerprint density at radius 2 is 2.08 bits per heavy atom. The fourth-order valence-corrected chi connectivity index (χ4v) is 1.57. The van der Waals surface area contributed by atoms with E-state index in [1.54, 1.807) is 7.11 Å². The Morgan fingerprint density at radius 3 is 2.54 bits per heavy atom. The molecule has 3 heteroatoms. The zero-order valence-corrected chi connectivity index (χ0v) is 8.77. The molecule has 0 aromatic heterocycles. The topological polar surface area (TPSA) is 29.5 Å². The minimum absolute atomic E-state index is 0.0258. The molecule has 0 spiro atoms. The maximum atomic E-state index is 9.07. The van der Waals surface area contributed by atoms with E-state index < -0.39 is 0 Å². The van der Waals surface area contributed by atoms with Crippen molar-refractivity contribution in [1.82, 2.24) is 0 Å². The SMILES string of the molecule is COc1c(CO)cc(C)c(Cl)c1C. The van der Waals surface area contributed by atoms with Gasteiger partial charge in [-0.2, -0.15) is 0 Å². The van der Waals surface area contributed by atoms with Crippen LogP contribution in [0, 0.1) is 13.8 Å². The van der Waals surface area contributed by atoms with E-state index >= 15 is 0 Å². The van der Waals surface area contributed by atoms with E-state index in [2.05, 4.69) is 0 Å². The van der Waals surface area contributed by atoms with E-state index in [1.807, 2.05) is 19.9 Å². The molecule has 0 aliphatic carbocycles. The quantitative estimate of drug-likeness (QED) is 0.795. The molecule has 0 saturated heterocycles. The third-order valence-electron chi connectivity index (χ3n) is 2.07. The number of hydrogen-bond donors (Lipinski definition) is 1. The number of benzene rings is 1. The largest absolute Gasteiger partial charge is 0.496 e. The molecule has 13 heavy (non-hydrogen) atoms. The fourth-order valence-electron chi connectivity index (χ4n) is 1.43. The summed E-state index contributed by atoms with van der Waals surface area (Å²) in [5.74, 6) is 0.679. The van der Waals surface area contributed by atoms with Gasteiger partial charge in [-0.25, -0.2) is 0 Å². The van der Waals surface area contributed by atoms with Crippen LogP contribution in [0.5, 0.6) is 5.75 Å². The van der Waals surface area contributed by atoms with E-state index in [0.29, 0.717) is 10.8 Å². The van der Waals surface area contributed by atoms with Gasteiger partial charge in [-0.3, -0.25) is 0 Å². The number of aryl methyl sites for hydroxylation is 1. The first-order chi connectivity index (χ1) is 6.11. The van der Waals surface area contributed by atoms with Gasteiger partial charge in [0.05, 0.1) is 18.7 Å². The van der Waals surface area contributed by atoms with Crippen molar-refractivity contribution in [3.63, 3.8) is 0 Å². The van der Waals surface area contributed by atoms with Gasteiger partial charge in [-0.15, -0.1) is 0 Å². The minimum Gasteiger partial charge on any atom is -0.496 e. The van der Waals surface area contributed by atoms with Gasteiger partial charge in [0.1, 0.15) is 5.75 Å². The number of ether oxygens (including phenoxy) is 1. The summed E-state index contributed by atoms with van der Waals surface area (Å²) >= 11 is 6.03. The highest BCUT2D eigenvalue weighted by atomic mass is 35.5. The van der Waals surface area contributed by atoms with Crippen LogP contribution in [0.2, 0.25) is 5.02 Å². The molecule has 0 aliphatic heterocycles. The number of aliphatic hydroxyl groups is 1. The molecule has 0 aliphatic rings. The van der Waals surface area contributed by atoms with Crippen LogP contribution in [-0.2, 0) is 6.61 Å². The molecule has 0 radical (unpaired) electrons. The molecule has 0 heterocycles. The van der Waals surface area contributed by atoms with Gasteiger partial charge < -0.3 is 9.84 Å². The number of rotatable bonds is 2. The Morgan fingerprint density at radius 1 is 1.46 bits per heavy atom. The van der Waals surface area contributed by atoms with Crippen LogP contribution in [0.1, 0.15) is 16.7 Å². The number of halogens is 1. The lowest BCUT2D eigenvalue weighted by Crippen LogP contribution is -1.97. The van der Waals surface area contributed by atoms with Crippen molar-refractivity contribution in [3.8, 4) is 5.75 Å². The first-order valence-corrected chi connectivity index (χ1v) is 4.43. The summed E-state index contributed by atoms with van der Waals surface area (Å²) in [6.45, 7) is 3.77. The highest BCUT2D eigenvalue weighted by molar-refractivity contribution is 6.32. The Hall–Kier alpha value is -0.730. The second-order valence-corrected chi connectivity index (χ2v) is 3.36. The Bertz CT molecular complexity index is 321. The Balaban J connectivity index is 3.39. The average Bonchev–Trinajstić information content (AvgIpc) is 2.13. The second-order valence-electron chi connectivity index (χ2n) is 2.98. The maximum Gasteiger partial charge on any atom is 0.128 e. The lowest BCUT2D eigenvalue weighted by Gasteiger charge is -2.12. The molecule has 0 atom stereocenters. The first kappa shape index (κ1) is 10.4. The zero-order chi connectivity index (χ0) is 10.0. The zero-order valence-electron chi connectivity index (χ0n) is 8.02. The summed E-state index contributed by atoms with van der Waals surface area (Å²) in [6, 6.07) is 1.84. The molecule has 1 aromatic carbocycles. The third kappa shape index (κ3) is 1.79. The Kier molecular flexibility index (Phi) is 3.17. The van der Waals surface area contributed by atoms with Gasteiger partial charge in [-0.05, 0) is 25.5 Å². The van der Waals surface area contributed by atoms with E-state index in [1.165, 1.54) is 0 Å². The van der Waals surface area contributed by atoms with Gasteiger partial charge >= 0.3 is 0 Å². The lowest BCUT2D eigenvalue weighted by molar-refractivity contribution is 0.273. The van der Waals surface area contributed by atoms with E-state index in [4.69, 9.17) is 21.4 Å². The molecule has 2 nitrogen and oxygen atoms in total. The molecule has 0 saturated carbocycles. The monoisotopic (exact) mass is 200 g/mol. The van der Waals surface area contributed by atoms with Crippen molar-refractivity contribution in [2.24, 2.45) is 0 Å². The molecular formula is C10H13ClO2. The van der Waals surface area contributed by atoms with Crippen molar-refractivity contribution < 1.29 is 9.84 Å². The summed E-state index contributed by atoms with van der Waals surface area (Å²) in [5.41, 5.74) is 2.62. The fraction of sp³-hybridized carbons (Fsp3) is 0.400. The van der Waals surface area contributed by atoms with Crippen LogP contribution < -0.4 is 4.74 Å². The summed E-state index contributed by atoms with van der Waals surface area (Å²) in [4.78, 5) is 0. The first-order valence-electron chi connectivity index (χ1n) is 4.05. The van der Waals surface area contributed by atoms with Crippen LogP contribution in [0.3, 0.4) is 0 Å². The number of aliphatic hydroxyl groups excluding tert-OH is 1. The number of methoxy groups -OCH3 is 1. The molecule has 0 unspecified atom stereocenters. The molecule has 0 bridgehead atoms. The van der Waals surface area contributed by atoms with Gasteiger partial charge in [0.25, 0.3) is 0 Å². The van der Waals surface area contributed by atoms with Crippen molar-refractivity contribution in [2.45, 2.75) is 20.5 Å². The highest BCUT2D eigenvalue weighted by Gasteiger charge is 2.11. The summed E-state index contributed by atoms with van der Waals surface area (Å²) in [6.07, 6.45) is 0. The van der Waals surface area contributed by atoms with Crippen LogP contribution in [0.25, 0.3) is 0 Å². The standard InChI is InChI=1S/C10H13ClO2/c1-6-4-8(5-12)10(13-3)7(2)9(6)11/h4,12H,5H2,1-3H3. The van der Waals surface area contributed by atoms with Crippen LogP contribution in [0.15, 0.2) is 6.07 Å². The molecule has 0 fully saturated rings. The highest BCUT2D eigenvalue weighted by Crippen LogP contribution is 2.32. The van der Waals surface area contributed by atoms with E-state index in [0.717, 1.165) is 16.7 Å². The predicted molar refractivity (Wildman–Crippen MR) is 53.4 cm³/mol. The third-order valence-corrected chi connectivity index (χ3v) is 2.65. The van der Waals surface area contributed by atoms with Crippen molar-refractivity contribution >= 4 is 11.6 Å². The van der Waals surface area contributed by atoms with Crippen molar-refractivity contribution in [3.05, 3.63) is 27.8 Å². The molecule has 0 amide bonds. The summed E-state index contributed by atoms with van der Waals surface area (Å²) in [7, 11) is 1.58. The Labute approximate surface area is 83.1 Å². The molecule has 72 valence electrons. The number of hydrogen-bond acceptors (Lipinski definition) is 2. The molecule has 1 aromatic rings. The molecule has 1 N–H and O–H groups in total. The van der Waals surface area contributed by atoms with Crippen molar-refractivity contribution in [1.29, 1.82) is 0 Å². The lowest BCUT2D eigenvalue weighted by atomic mass is 10.1. The average molecular weight is 201 g/mol. The van der Waals surface area contributed by atoms with E-state index in [-0.39, 0.29) is 6.61 Å². The van der Waals surface area contributed by atoms with Crippen LogP contribution >= 0.6 is 11.6 Å². The maximum absolute atomic E-state index is 9.07. The molecule has 1 rings (SSSR count).